The summed E-state index contributed by atoms with van der Waals surface area (Å²) in [6.45, 7) is 6.05. The SMILES string of the molecule is Cc1nc(N[C@H](C)c2cc(N)cc(C(F)(F)F)c2)c2cc3c(cc2n1)CCN3C1CCOC1. The second-order valence-electron chi connectivity index (χ2n) is 8.83. The average molecular weight is 458 g/mol. The third kappa shape index (κ3) is 4.17. The number of nitrogens with two attached hydrogens (primary N) is 1. The van der Waals surface area contributed by atoms with Gasteiger partial charge in [-0.3, -0.25) is 0 Å². The number of nitrogens with one attached hydrogen (secondary N) is 1. The zero-order valence-electron chi connectivity index (χ0n) is 18.5. The van der Waals surface area contributed by atoms with Gasteiger partial charge in [0.25, 0.3) is 0 Å². The molecule has 0 amide bonds. The van der Waals surface area contributed by atoms with Gasteiger partial charge in [0.05, 0.1) is 29.8 Å². The number of nitrogen functional groups attached to an aromatic ring is 1. The Hall–Kier alpha value is -3.07. The van der Waals surface area contributed by atoms with E-state index in [9.17, 15) is 13.2 Å². The van der Waals surface area contributed by atoms with Crippen molar-refractivity contribution in [3.8, 4) is 0 Å². The standard InChI is InChI=1S/C24H26F3N5O/c1-13(16-7-17(24(25,26)27)10-18(28)8-16)29-23-20-11-22-15(9-21(20)30-14(2)31-23)3-5-32(22)19-4-6-33-12-19/h7-11,13,19H,3-6,12,28H2,1-2H3,(H,29,30,31)/t13-,19?/m1/s1. The van der Waals surface area contributed by atoms with Crippen LogP contribution in [0.25, 0.3) is 10.9 Å². The highest BCUT2D eigenvalue weighted by atomic mass is 19.4. The van der Waals surface area contributed by atoms with Crippen molar-refractivity contribution >= 4 is 28.1 Å². The van der Waals surface area contributed by atoms with Crippen LogP contribution in [0.4, 0.5) is 30.4 Å². The normalized spacial score (nSPS) is 19.2. The number of fused-ring (bicyclic) bond motifs is 2. The fourth-order valence-electron chi connectivity index (χ4n) is 4.79. The van der Waals surface area contributed by atoms with Crippen molar-refractivity contribution < 1.29 is 17.9 Å². The number of halogens is 3. The summed E-state index contributed by atoms with van der Waals surface area (Å²) in [5, 5.41) is 4.15. The second-order valence-corrected chi connectivity index (χ2v) is 8.83. The number of nitrogens with zero attached hydrogens (tertiary/aromatic N) is 3. The summed E-state index contributed by atoms with van der Waals surface area (Å²) in [6.07, 6.45) is -2.51. The number of anilines is 3. The van der Waals surface area contributed by atoms with E-state index in [1.165, 1.54) is 5.56 Å². The Balaban J connectivity index is 1.52. The molecule has 0 saturated carbocycles. The molecule has 1 saturated heterocycles. The highest BCUT2D eigenvalue weighted by Gasteiger charge is 2.32. The molecule has 2 atom stereocenters. The molecule has 1 unspecified atom stereocenters. The fourth-order valence-corrected chi connectivity index (χ4v) is 4.79. The van der Waals surface area contributed by atoms with E-state index in [4.69, 9.17) is 10.5 Å². The molecule has 3 aromatic rings. The third-order valence-electron chi connectivity index (χ3n) is 6.44. The summed E-state index contributed by atoms with van der Waals surface area (Å²) in [6, 6.07) is 7.76. The number of aromatic nitrogens is 2. The molecular weight excluding hydrogens is 431 g/mol. The molecule has 33 heavy (non-hydrogen) atoms. The van der Waals surface area contributed by atoms with Crippen molar-refractivity contribution in [2.75, 3.05) is 35.7 Å². The van der Waals surface area contributed by atoms with Crippen molar-refractivity contribution in [1.29, 1.82) is 0 Å². The van der Waals surface area contributed by atoms with Crippen LogP contribution in [-0.2, 0) is 17.3 Å². The molecule has 3 heterocycles. The van der Waals surface area contributed by atoms with Crippen LogP contribution < -0.4 is 16.0 Å². The van der Waals surface area contributed by atoms with Gasteiger partial charge in [0.15, 0.2) is 0 Å². The predicted octanol–water partition coefficient (Wildman–Crippen LogP) is 4.86. The van der Waals surface area contributed by atoms with E-state index in [-0.39, 0.29) is 5.69 Å². The Morgan fingerprint density at radius 2 is 2.00 bits per heavy atom. The molecular formula is C24H26F3N5O. The lowest BCUT2D eigenvalue weighted by molar-refractivity contribution is -0.137. The van der Waals surface area contributed by atoms with Gasteiger partial charge in [-0.2, -0.15) is 13.2 Å². The number of hydrogen-bond acceptors (Lipinski definition) is 6. The Morgan fingerprint density at radius 1 is 1.18 bits per heavy atom. The summed E-state index contributed by atoms with van der Waals surface area (Å²) in [5.41, 5.74) is 8.75. The first-order valence-electron chi connectivity index (χ1n) is 11.1. The largest absolute Gasteiger partial charge is 0.416 e. The first kappa shape index (κ1) is 21.8. The Bertz CT molecular complexity index is 1210. The van der Waals surface area contributed by atoms with E-state index in [0.29, 0.717) is 23.2 Å². The van der Waals surface area contributed by atoms with Crippen molar-refractivity contribution in [1.82, 2.24) is 9.97 Å². The lowest BCUT2D eigenvalue weighted by atomic mass is 10.0. The highest BCUT2D eigenvalue weighted by molar-refractivity contribution is 5.93. The van der Waals surface area contributed by atoms with Gasteiger partial charge in [0, 0.05) is 29.9 Å². The molecule has 0 spiro atoms. The zero-order valence-corrected chi connectivity index (χ0v) is 18.5. The Morgan fingerprint density at radius 3 is 2.73 bits per heavy atom. The van der Waals surface area contributed by atoms with Crippen molar-refractivity contribution in [2.24, 2.45) is 0 Å². The Kier molecular flexibility index (Phi) is 5.31. The Labute approximate surface area is 190 Å². The maximum Gasteiger partial charge on any atom is 0.416 e. The number of rotatable bonds is 4. The number of ether oxygens (including phenoxy) is 1. The van der Waals surface area contributed by atoms with E-state index in [2.05, 4.69) is 32.3 Å². The van der Waals surface area contributed by atoms with Crippen LogP contribution in [0.15, 0.2) is 30.3 Å². The summed E-state index contributed by atoms with van der Waals surface area (Å²) < 4.78 is 45.4. The number of alkyl halides is 3. The molecule has 174 valence electrons. The molecule has 2 aliphatic rings. The van der Waals surface area contributed by atoms with E-state index in [1.807, 2.05) is 6.92 Å². The molecule has 2 aliphatic heterocycles. The monoisotopic (exact) mass is 457 g/mol. The maximum absolute atomic E-state index is 13.3. The second kappa shape index (κ2) is 8.06. The predicted molar refractivity (Wildman–Crippen MR) is 122 cm³/mol. The van der Waals surface area contributed by atoms with Gasteiger partial charge in [-0.25, -0.2) is 9.97 Å². The summed E-state index contributed by atoms with van der Waals surface area (Å²) in [5.74, 6) is 1.19. The molecule has 0 aliphatic carbocycles. The average Bonchev–Trinajstić information content (AvgIpc) is 3.40. The molecule has 1 fully saturated rings. The first-order valence-corrected chi connectivity index (χ1v) is 11.1. The molecule has 5 rings (SSSR count). The highest BCUT2D eigenvalue weighted by Crippen LogP contribution is 2.38. The molecule has 1 aromatic heterocycles. The van der Waals surface area contributed by atoms with Crippen molar-refractivity contribution in [3.05, 3.63) is 52.8 Å². The van der Waals surface area contributed by atoms with Gasteiger partial charge in [-0.05, 0) is 68.1 Å². The quantitative estimate of drug-likeness (QED) is 0.545. The van der Waals surface area contributed by atoms with Crippen LogP contribution in [0.3, 0.4) is 0 Å². The zero-order chi connectivity index (χ0) is 23.3. The minimum absolute atomic E-state index is 0.0736. The fraction of sp³-hybridized carbons (Fsp3) is 0.417. The van der Waals surface area contributed by atoms with Crippen LogP contribution >= 0.6 is 0 Å². The van der Waals surface area contributed by atoms with Crippen LogP contribution in [0.2, 0.25) is 0 Å². The number of aryl methyl sites for hydroxylation is 1. The smallest absolute Gasteiger partial charge is 0.399 e. The minimum atomic E-state index is -4.46. The summed E-state index contributed by atoms with van der Waals surface area (Å²) in [4.78, 5) is 11.6. The lowest BCUT2D eigenvalue weighted by Gasteiger charge is -2.26. The van der Waals surface area contributed by atoms with Gasteiger partial charge in [-0.15, -0.1) is 0 Å². The molecule has 0 bridgehead atoms. The van der Waals surface area contributed by atoms with Crippen molar-refractivity contribution in [3.63, 3.8) is 0 Å². The molecule has 0 radical (unpaired) electrons. The van der Waals surface area contributed by atoms with E-state index in [0.717, 1.165) is 61.3 Å². The summed E-state index contributed by atoms with van der Waals surface area (Å²) in [7, 11) is 0. The topological polar surface area (TPSA) is 76.3 Å². The molecule has 3 N–H and O–H groups in total. The molecule has 2 aromatic carbocycles. The third-order valence-corrected chi connectivity index (χ3v) is 6.44. The van der Waals surface area contributed by atoms with Crippen LogP contribution in [0.1, 0.15) is 41.9 Å². The molecule has 6 nitrogen and oxygen atoms in total. The van der Waals surface area contributed by atoms with Gasteiger partial charge in [0.2, 0.25) is 0 Å². The van der Waals surface area contributed by atoms with Crippen LogP contribution in [0, 0.1) is 6.92 Å². The van der Waals surface area contributed by atoms with Crippen LogP contribution in [-0.4, -0.2) is 35.8 Å². The minimum Gasteiger partial charge on any atom is -0.399 e. The van der Waals surface area contributed by atoms with E-state index in [1.54, 1.807) is 13.0 Å². The van der Waals surface area contributed by atoms with Crippen molar-refractivity contribution in [2.45, 2.75) is 44.9 Å². The van der Waals surface area contributed by atoms with Gasteiger partial charge in [0.1, 0.15) is 11.6 Å². The molecule has 9 heteroatoms. The first-order chi connectivity index (χ1) is 15.7. The van der Waals surface area contributed by atoms with Gasteiger partial charge < -0.3 is 20.7 Å². The summed E-state index contributed by atoms with van der Waals surface area (Å²) >= 11 is 0. The lowest BCUT2D eigenvalue weighted by Crippen LogP contribution is -2.34. The van der Waals surface area contributed by atoms with Gasteiger partial charge in [-0.1, -0.05) is 0 Å². The number of hydrogen-bond donors (Lipinski definition) is 2. The number of benzene rings is 2. The van der Waals surface area contributed by atoms with Gasteiger partial charge >= 0.3 is 6.18 Å². The maximum atomic E-state index is 13.3. The van der Waals surface area contributed by atoms with E-state index >= 15 is 0 Å². The van der Waals surface area contributed by atoms with E-state index < -0.39 is 17.8 Å². The van der Waals surface area contributed by atoms with Crippen LogP contribution in [0.5, 0.6) is 0 Å².